The van der Waals surface area contributed by atoms with E-state index in [1.54, 1.807) is 0 Å². The van der Waals surface area contributed by atoms with Crippen molar-refractivity contribution in [3.05, 3.63) is 65.0 Å². The first-order chi connectivity index (χ1) is 9.22. The van der Waals surface area contributed by atoms with Gasteiger partial charge in [0.2, 0.25) is 0 Å². The summed E-state index contributed by atoms with van der Waals surface area (Å²) in [7, 11) is 0. The summed E-state index contributed by atoms with van der Waals surface area (Å²) in [5, 5.41) is 0.741. The molecule has 0 aliphatic heterocycles. The van der Waals surface area contributed by atoms with E-state index in [2.05, 4.69) is 20.9 Å². The van der Waals surface area contributed by atoms with Gasteiger partial charge in [-0.15, -0.1) is 0 Å². The van der Waals surface area contributed by atoms with Crippen molar-refractivity contribution in [2.45, 2.75) is 11.2 Å². The highest BCUT2D eigenvalue weighted by atomic mass is 79.9. The topological polar surface area (TPSA) is 26.0 Å². The van der Waals surface area contributed by atoms with Gasteiger partial charge in [-0.1, -0.05) is 51.8 Å². The van der Waals surface area contributed by atoms with Gasteiger partial charge in [0.05, 0.1) is 0 Å². The molecule has 0 amide bonds. The number of oxazole rings is 1. The zero-order valence-corrected chi connectivity index (χ0v) is 12.4. The standard InChI is InChI=1S/C15H11BrClNO/c16-12(10-5-7-11(17)8-6-10)9-15-18-13-3-1-2-4-14(13)19-15/h1-8,12H,9H2. The van der Waals surface area contributed by atoms with Crippen LogP contribution in [-0.2, 0) is 6.42 Å². The molecule has 0 aliphatic carbocycles. The molecule has 2 nitrogen and oxygen atoms in total. The smallest absolute Gasteiger partial charge is 0.196 e. The van der Waals surface area contributed by atoms with Crippen molar-refractivity contribution < 1.29 is 4.42 Å². The highest BCUT2D eigenvalue weighted by molar-refractivity contribution is 9.09. The molecule has 19 heavy (non-hydrogen) atoms. The van der Waals surface area contributed by atoms with E-state index in [9.17, 15) is 0 Å². The molecule has 0 fully saturated rings. The molecule has 2 aromatic carbocycles. The molecular formula is C15H11BrClNO. The Morgan fingerprint density at radius 3 is 2.58 bits per heavy atom. The Morgan fingerprint density at radius 2 is 1.84 bits per heavy atom. The molecule has 0 spiro atoms. The van der Waals surface area contributed by atoms with Crippen LogP contribution in [0.3, 0.4) is 0 Å². The number of benzene rings is 2. The summed E-state index contributed by atoms with van der Waals surface area (Å²) in [6.07, 6.45) is 0.705. The lowest BCUT2D eigenvalue weighted by molar-refractivity contribution is 0.527. The van der Waals surface area contributed by atoms with Crippen molar-refractivity contribution in [1.82, 2.24) is 4.98 Å². The van der Waals surface area contributed by atoms with Crippen LogP contribution in [-0.4, -0.2) is 4.98 Å². The van der Waals surface area contributed by atoms with Crippen LogP contribution in [0.25, 0.3) is 11.1 Å². The fraction of sp³-hybridized carbons (Fsp3) is 0.133. The minimum atomic E-state index is 0.165. The first-order valence-electron chi connectivity index (χ1n) is 5.96. The maximum Gasteiger partial charge on any atom is 0.196 e. The number of aromatic nitrogens is 1. The first kappa shape index (κ1) is 12.7. The molecule has 0 bridgehead atoms. The Hall–Kier alpha value is -1.32. The summed E-state index contributed by atoms with van der Waals surface area (Å²) >= 11 is 9.55. The van der Waals surface area contributed by atoms with E-state index in [4.69, 9.17) is 16.0 Å². The van der Waals surface area contributed by atoms with E-state index in [0.29, 0.717) is 6.42 Å². The molecule has 4 heteroatoms. The first-order valence-corrected chi connectivity index (χ1v) is 7.26. The Morgan fingerprint density at radius 1 is 1.11 bits per heavy atom. The minimum Gasteiger partial charge on any atom is -0.441 e. The third-order valence-corrected chi connectivity index (χ3v) is 4.03. The number of nitrogens with zero attached hydrogens (tertiary/aromatic N) is 1. The Bertz CT molecular complexity index is 660. The zero-order valence-electron chi connectivity index (χ0n) is 10.0. The van der Waals surface area contributed by atoms with Crippen molar-refractivity contribution in [3.63, 3.8) is 0 Å². The van der Waals surface area contributed by atoms with Gasteiger partial charge in [-0.2, -0.15) is 0 Å². The molecule has 0 N–H and O–H groups in total. The predicted octanol–water partition coefficient (Wildman–Crippen LogP) is 5.16. The fourth-order valence-corrected chi connectivity index (χ4v) is 2.66. The normalized spacial score (nSPS) is 12.7. The van der Waals surface area contributed by atoms with Gasteiger partial charge in [-0.25, -0.2) is 4.98 Å². The highest BCUT2D eigenvalue weighted by Crippen LogP contribution is 2.28. The largest absolute Gasteiger partial charge is 0.441 e. The summed E-state index contributed by atoms with van der Waals surface area (Å²) < 4.78 is 5.72. The average molecular weight is 337 g/mol. The molecule has 0 saturated heterocycles. The Balaban J connectivity index is 1.82. The van der Waals surface area contributed by atoms with Gasteiger partial charge in [-0.05, 0) is 29.8 Å². The minimum absolute atomic E-state index is 0.165. The van der Waals surface area contributed by atoms with E-state index in [1.165, 1.54) is 0 Å². The maximum atomic E-state index is 5.88. The predicted molar refractivity (Wildman–Crippen MR) is 80.8 cm³/mol. The molecule has 0 aliphatic rings. The van der Waals surface area contributed by atoms with Gasteiger partial charge in [0.15, 0.2) is 11.5 Å². The second-order valence-corrected chi connectivity index (χ2v) is 5.84. The number of hydrogen-bond donors (Lipinski definition) is 0. The maximum absolute atomic E-state index is 5.88. The third-order valence-electron chi connectivity index (χ3n) is 2.92. The van der Waals surface area contributed by atoms with Crippen LogP contribution < -0.4 is 0 Å². The molecular weight excluding hydrogens is 326 g/mol. The number of alkyl halides is 1. The van der Waals surface area contributed by atoms with Crippen molar-refractivity contribution in [1.29, 1.82) is 0 Å². The van der Waals surface area contributed by atoms with Crippen LogP contribution in [0.1, 0.15) is 16.3 Å². The van der Waals surface area contributed by atoms with Gasteiger partial charge in [-0.3, -0.25) is 0 Å². The lowest BCUT2D eigenvalue weighted by atomic mass is 10.1. The number of para-hydroxylation sites is 2. The van der Waals surface area contributed by atoms with E-state index >= 15 is 0 Å². The van der Waals surface area contributed by atoms with Crippen LogP contribution >= 0.6 is 27.5 Å². The van der Waals surface area contributed by atoms with Gasteiger partial charge in [0.25, 0.3) is 0 Å². The number of hydrogen-bond acceptors (Lipinski definition) is 2. The quantitative estimate of drug-likeness (QED) is 0.617. The molecule has 3 rings (SSSR count). The van der Waals surface area contributed by atoms with Gasteiger partial charge >= 0.3 is 0 Å². The average Bonchev–Trinajstić information content (AvgIpc) is 2.81. The summed E-state index contributed by atoms with van der Waals surface area (Å²) in [5.74, 6) is 0.734. The van der Waals surface area contributed by atoms with Crippen LogP contribution in [0, 0.1) is 0 Å². The van der Waals surface area contributed by atoms with Crippen molar-refractivity contribution in [3.8, 4) is 0 Å². The van der Waals surface area contributed by atoms with E-state index in [0.717, 1.165) is 27.6 Å². The highest BCUT2D eigenvalue weighted by Gasteiger charge is 2.13. The molecule has 0 saturated carbocycles. The molecule has 1 aromatic heterocycles. The van der Waals surface area contributed by atoms with Gasteiger partial charge < -0.3 is 4.42 Å². The molecule has 1 atom stereocenters. The van der Waals surface area contributed by atoms with Gasteiger partial charge in [0.1, 0.15) is 5.52 Å². The van der Waals surface area contributed by atoms with Crippen LogP contribution in [0.5, 0.6) is 0 Å². The lowest BCUT2D eigenvalue weighted by Gasteiger charge is -2.07. The number of rotatable bonds is 3. The van der Waals surface area contributed by atoms with Gasteiger partial charge in [0, 0.05) is 16.3 Å². The van der Waals surface area contributed by atoms with E-state index in [-0.39, 0.29) is 4.83 Å². The number of halogens is 2. The molecule has 1 unspecified atom stereocenters. The monoisotopic (exact) mass is 335 g/mol. The van der Waals surface area contributed by atoms with Crippen molar-refractivity contribution >= 4 is 38.6 Å². The summed E-state index contributed by atoms with van der Waals surface area (Å²) in [6, 6.07) is 15.6. The van der Waals surface area contributed by atoms with Crippen molar-refractivity contribution in [2.24, 2.45) is 0 Å². The third kappa shape index (κ3) is 2.82. The zero-order chi connectivity index (χ0) is 13.2. The molecule has 3 aromatic rings. The lowest BCUT2D eigenvalue weighted by Crippen LogP contribution is -1.95. The summed E-state index contributed by atoms with van der Waals surface area (Å²) in [4.78, 5) is 4.64. The molecule has 0 radical (unpaired) electrons. The van der Waals surface area contributed by atoms with E-state index in [1.807, 2.05) is 48.5 Å². The fourth-order valence-electron chi connectivity index (χ4n) is 1.95. The summed E-state index contributed by atoms with van der Waals surface area (Å²) in [5.41, 5.74) is 2.88. The Kier molecular flexibility index (Phi) is 3.58. The van der Waals surface area contributed by atoms with Crippen LogP contribution in [0.4, 0.5) is 0 Å². The molecule has 96 valence electrons. The second kappa shape index (κ2) is 5.35. The van der Waals surface area contributed by atoms with Crippen LogP contribution in [0.2, 0.25) is 5.02 Å². The SMILES string of the molecule is Clc1ccc(C(Br)Cc2nc3ccccc3o2)cc1. The second-order valence-electron chi connectivity index (χ2n) is 4.30. The van der Waals surface area contributed by atoms with E-state index < -0.39 is 0 Å². The Labute approximate surface area is 124 Å². The molecule has 1 heterocycles. The van der Waals surface area contributed by atoms with Crippen molar-refractivity contribution in [2.75, 3.05) is 0 Å². The summed E-state index contributed by atoms with van der Waals surface area (Å²) in [6.45, 7) is 0. The van der Waals surface area contributed by atoms with Crippen LogP contribution in [0.15, 0.2) is 52.9 Å². The number of fused-ring (bicyclic) bond motifs is 1.